The number of nitrogens with zero attached hydrogens (tertiary/aromatic N) is 2. The highest BCUT2D eigenvalue weighted by atomic mass is 35.5. The number of ether oxygens (including phenoxy) is 1. The van der Waals surface area contributed by atoms with Gasteiger partial charge in [0.2, 0.25) is 11.7 Å². The summed E-state index contributed by atoms with van der Waals surface area (Å²) in [6.45, 7) is 4.96. The zero-order chi connectivity index (χ0) is 24.9. The fourth-order valence-electron chi connectivity index (χ4n) is 2.83. The van der Waals surface area contributed by atoms with Crippen LogP contribution < -0.4 is 4.90 Å². The Hall–Kier alpha value is -2.90. The van der Waals surface area contributed by atoms with Gasteiger partial charge in [0.1, 0.15) is 5.60 Å². The van der Waals surface area contributed by atoms with Crippen LogP contribution in [0, 0.1) is 0 Å². The fourth-order valence-corrected chi connectivity index (χ4v) is 3.15. The summed E-state index contributed by atoms with van der Waals surface area (Å²) in [5.74, 6) is -2.82. The van der Waals surface area contributed by atoms with Gasteiger partial charge in [0.05, 0.1) is 23.0 Å². The number of benzene rings is 2. The van der Waals surface area contributed by atoms with Gasteiger partial charge in [-0.2, -0.15) is 0 Å². The van der Waals surface area contributed by atoms with Crippen molar-refractivity contribution in [1.82, 2.24) is 4.90 Å². The van der Waals surface area contributed by atoms with Crippen LogP contribution in [0.1, 0.15) is 43.1 Å². The number of carbonyl (C=O) groups excluding carboxylic acids is 4. The lowest BCUT2D eigenvalue weighted by Crippen LogP contribution is -2.36. The highest BCUT2D eigenvalue weighted by Crippen LogP contribution is 2.26. The molecule has 0 saturated carbocycles. The van der Waals surface area contributed by atoms with Gasteiger partial charge in [0.25, 0.3) is 5.91 Å². The molecule has 9 heteroatoms. The Kier molecular flexibility index (Phi) is 8.63. The third-order valence-electron chi connectivity index (χ3n) is 4.40. The van der Waals surface area contributed by atoms with Crippen molar-refractivity contribution in [2.24, 2.45) is 0 Å². The molecule has 2 aromatic rings. The minimum absolute atomic E-state index is 0.0678. The average Bonchev–Trinajstić information content (AvgIpc) is 2.72. The Bertz CT molecular complexity index is 1060. The van der Waals surface area contributed by atoms with Crippen molar-refractivity contribution >= 4 is 52.5 Å². The smallest absolute Gasteiger partial charge is 0.375 e. The number of ketones is 1. The molecule has 0 bridgehead atoms. The molecule has 0 aromatic heterocycles. The molecule has 0 radical (unpaired) electrons. The van der Waals surface area contributed by atoms with Crippen molar-refractivity contribution < 1.29 is 23.9 Å². The largest absolute Gasteiger partial charge is 0.454 e. The van der Waals surface area contributed by atoms with E-state index in [4.69, 9.17) is 27.9 Å². The number of halogens is 2. The van der Waals surface area contributed by atoms with Crippen LogP contribution in [0.2, 0.25) is 10.0 Å². The van der Waals surface area contributed by atoms with Gasteiger partial charge in [-0.25, -0.2) is 4.79 Å². The molecule has 2 aromatic carbocycles. The van der Waals surface area contributed by atoms with Gasteiger partial charge in [0.15, 0.2) is 0 Å². The fraction of sp³-hybridized carbons (Fsp3) is 0.333. The van der Waals surface area contributed by atoms with Crippen LogP contribution in [0.25, 0.3) is 0 Å². The van der Waals surface area contributed by atoms with Crippen LogP contribution in [0.4, 0.5) is 5.69 Å². The van der Waals surface area contributed by atoms with Crippen molar-refractivity contribution in [3.8, 4) is 0 Å². The van der Waals surface area contributed by atoms with E-state index in [2.05, 4.69) is 0 Å². The molecule has 0 aliphatic carbocycles. The molecule has 0 aliphatic heterocycles. The summed E-state index contributed by atoms with van der Waals surface area (Å²) in [6.07, 6.45) is -0.672. The third kappa shape index (κ3) is 7.58. The van der Waals surface area contributed by atoms with Crippen molar-refractivity contribution in [2.75, 3.05) is 19.0 Å². The second kappa shape index (κ2) is 10.8. The summed E-state index contributed by atoms with van der Waals surface area (Å²) in [7, 11) is 3.28. The highest BCUT2D eigenvalue weighted by Gasteiger charge is 2.27. The maximum absolute atomic E-state index is 13.1. The van der Waals surface area contributed by atoms with Gasteiger partial charge in [-0.05, 0) is 62.7 Å². The zero-order valence-electron chi connectivity index (χ0n) is 19.1. The van der Waals surface area contributed by atoms with Gasteiger partial charge >= 0.3 is 5.97 Å². The molecule has 0 atom stereocenters. The number of rotatable bonds is 7. The molecule has 0 saturated heterocycles. The molecule has 0 heterocycles. The van der Waals surface area contributed by atoms with Crippen LogP contribution in [0.15, 0.2) is 42.5 Å². The van der Waals surface area contributed by atoms with Crippen molar-refractivity contribution in [2.45, 2.75) is 39.3 Å². The van der Waals surface area contributed by atoms with E-state index in [0.717, 1.165) is 0 Å². The number of hydrogen-bond donors (Lipinski definition) is 0. The van der Waals surface area contributed by atoms with Crippen molar-refractivity contribution in [3.05, 3.63) is 63.6 Å². The Balaban J connectivity index is 2.32. The van der Waals surface area contributed by atoms with Gasteiger partial charge in [-0.1, -0.05) is 29.3 Å². The molecule has 0 unspecified atom stereocenters. The van der Waals surface area contributed by atoms with Gasteiger partial charge in [-0.3, -0.25) is 14.4 Å². The van der Waals surface area contributed by atoms with Crippen molar-refractivity contribution in [1.29, 1.82) is 0 Å². The van der Waals surface area contributed by atoms with Crippen LogP contribution >= 0.6 is 23.2 Å². The number of esters is 1. The number of hydrogen-bond acceptors (Lipinski definition) is 5. The zero-order valence-corrected chi connectivity index (χ0v) is 20.7. The van der Waals surface area contributed by atoms with E-state index in [1.54, 1.807) is 77.3 Å². The predicted molar refractivity (Wildman–Crippen MR) is 128 cm³/mol. The summed E-state index contributed by atoms with van der Waals surface area (Å²) in [6, 6.07) is 11.3. The highest BCUT2D eigenvalue weighted by molar-refractivity contribution is 6.42. The Morgan fingerprint density at radius 2 is 1.52 bits per heavy atom. The molecule has 2 rings (SSSR count). The third-order valence-corrected chi connectivity index (χ3v) is 5.14. The van der Waals surface area contributed by atoms with E-state index >= 15 is 0 Å². The molecule has 0 aliphatic rings. The van der Waals surface area contributed by atoms with Gasteiger partial charge in [0, 0.05) is 25.3 Å². The lowest BCUT2D eigenvalue weighted by molar-refractivity contribution is -0.163. The molecular formula is C24H26Cl2N2O5. The second-order valence-corrected chi connectivity index (χ2v) is 9.39. The first kappa shape index (κ1) is 26.4. The first-order valence-electron chi connectivity index (χ1n) is 10.1. The first-order chi connectivity index (χ1) is 15.3. The number of Topliss-reactive ketones (excluding diaryl/α,β-unsaturated/α-hetero) is 1. The Morgan fingerprint density at radius 1 is 0.909 bits per heavy atom. The molecule has 0 spiro atoms. The van der Waals surface area contributed by atoms with E-state index in [0.29, 0.717) is 26.9 Å². The van der Waals surface area contributed by atoms with Crippen molar-refractivity contribution in [3.63, 3.8) is 0 Å². The molecule has 2 amide bonds. The van der Waals surface area contributed by atoms with E-state index in [1.807, 2.05) is 0 Å². The minimum Gasteiger partial charge on any atom is -0.454 e. The molecule has 33 heavy (non-hydrogen) atoms. The summed E-state index contributed by atoms with van der Waals surface area (Å²) in [5.41, 5.74) is 0.689. The van der Waals surface area contributed by atoms with Crippen LogP contribution in [0.5, 0.6) is 0 Å². The topological polar surface area (TPSA) is 84.0 Å². The van der Waals surface area contributed by atoms with Gasteiger partial charge in [-0.15, -0.1) is 0 Å². The SMILES string of the molecule is CN(C)C(=O)c1ccc(N(Cc2ccc(Cl)c(Cl)c2)C(=O)CC(=O)C(=O)OC(C)(C)C)cc1. The maximum atomic E-state index is 13.1. The first-order valence-corrected chi connectivity index (χ1v) is 10.9. The monoisotopic (exact) mass is 492 g/mol. The number of anilines is 1. The summed E-state index contributed by atoms with van der Waals surface area (Å²) in [5, 5.41) is 0.684. The summed E-state index contributed by atoms with van der Waals surface area (Å²) in [4.78, 5) is 52.4. The molecule has 176 valence electrons. The molecular weight excluding hydrogens is 467 g/mol. The van der Waals surface area contributed by atoms with Gasteiger partial charge < -0.3 is 14.5 Å². The van der Waals surface area contributed by atoms with E-state index in [9.17, 15) is 19.2 Å². The predicted octanol–water partition coefficient (Wildman–Crippen LogP) is 4.53. The minimum atomic E-state index is -1.07. The van der Waals surface area contributed by atoms with E-state index < -0.39 is 29.7 Å². The van der Waals surface area contributed by atoms with Crippen LogP contribution in [-0.2, 0) is 25.7 Å². The molecule has 0 fully saturated rings. The Labute approximate surface area is 203 Å². The van der Waals surface area contributed by atoms with E-state index in [-0.39, 0.29) is 12.5 Å². The quantitative estimate of drug-likeness (QED) is 0.322. The number of carbonyl (C=O) groups is 4. The van der Waals surface area contributed by atoms with Crippen LogP contribution in [0.3, 0.4) is 0 Å². The number of amides is 2. The molecule has 7 nitrogen and oxygen atoms in total. The Morgan fingerprint density at radius 3 is 2.03 bits per heavy atom. The summed E-state index contributed by atoms with van der Waals surface area (Å²) < 4.78 is 5.06. The standard InChI is InChI=1S/C24H26Cl2N2O5/c1-24(2,3)33-23(32)20(29)13-21(30)28(14-15-6-11-18(25)19(26)12-15)17-9-7-16(8-10-17)22(31)27(4)5/h6-12H,13-14H2,1-5H3. The maximum Gasteiger partial charge on any atom is 0.375 e. The van der Waals surface area contributed by atoms with Crippen LogP contribution in [-0.4, -0.2) is 48.2 Å². The lowest BCUT2D eigenvalue weighted by Gasteiger charge is -2.24. The average molecular weight is 493 g/mol. The lowest BCUT2D eigenvalue weighted by atomic mass is 10.1. The molecule has 0 N–H and O–H groups in total. The second-order valence-electron chi connectivity index (χ2n) is 8.58. The normalized spacial score (nSPS) is 11.0. The van der Waals surface area contributed by atoms with E-state index in [1.165, 1.54) is 9.80 Å². The summed E-state index contributed by atoms with van der Waals surface area (Å²) >= 11 is 12.1.